The Morgan fingerprint density at radius 1 is 1.06 bits per heavy atom. The standard InChI is InChI=1S/C26H42N4O5/c1-10-30(23(33)19(13-14-20(27)31)28-24(34)35-26(7,8)9)21(22(32)29-25(4,5)6)18-15-16(2)11-12-17(18)3/h11-12,15,19,21H,10,13-14H2,1-9H3,(H2,27,31)(H,28,34)(H,29,32). The van der Waals surface area contributed by atoms with Crippen LogP contribution in [-0.4, -0.2) is 52.4 Å². The molecule has 4 N–H and O–H groups in total. The zero-order valence-electron chi connectivity index (χ0n) is 22.6. The van der Waals surface area contributed by atoms with Crippen molar-refractivity contribution >= 4 is 23.8 Å². The van der Waals surface area contributed by atoms with E-state index < -0.39 is 41.1 Å². The van der Waals surface area contributed by atoms with E-state index in [1.165, 1.54) is 4.90 Å². The number of aryl methyl sites for hydroxylation is 2. The van der Waals surface area contributed by atoms with Crippen LogP contribution in [0.1, 0.15) is 84.0 Å². The van der Waals surface area contributed by atoms with Crippen LogP contribution in [0.2, 0.25) is 0 Å². The molecule has 1 aromatic rings. The summed E-state index contributed by atoms with van der Waals surface area (Å²) in [5.74, 6) is -1.45. The number of nitrogens with two attached hydrogens (primary N) is 1. The van der Waals surface area contributed by atoms with E-state index in [2.05, 4.69) is 10.6 Å². The van der Waals surface area contributed by atoms with Gasteiger partial charge in [0.05, 0.1) is 0 Å². The number of primary amides is 1. The van der Waals surface area contributed by atoms with E-state index in [1.807, 2.05) is 52.8 Å². The average Bonchev–Trinajstić information content (AvgIpc) is 2.67. The first kappa shape index (κ1) is 29.9. The Bertz CT molecular complexity index is 931. The molecule has 0 spiro atoms. The van der Waals surface area contributed by atoms with Gasteiger partial charge in [-0.05, 0) is 79.9 Å². The summed E-state index contributed by atoms with van der Waals surface area (Å²) in [7, 11) is 0. The number of hydrogen-bond acceptors (Lipinski definition) is 5. The number of amides is 4. The van der Waals surface area contributed by atoms with Gasteiger partial charge in [-0.15, -0.1) is 0 Å². The first-order valence-corrected chi connectivity index (χ1v) is 11.9. The van der Waals surface area contributed by atoms with Crippen LogP contribution < -0.4 is 16.4 Å². The molecule has 0 heterocycles. The summed E-state index contributed by atoms with van der Waals surface area (Å²) in [5, 5.41) is 5.55. The number of carbonyl (C=O) groups is 4. The maximum absolute atomic E-state index is 13.8. The smallest absolute Gasteiger partial charge is 0.408 e. The molecular formula is C26H42N4O5. The zero-order chi connectivity index (χ0) is 27.1. The highest BCUT2D eigenvalue weighted by Gasteiger charge is 2.37. The summed E-state index contributed by atoms with van der Waals surface area (Å²) in [6.07, 6.45) is -0.935. The Balaban J connectivity index is 3.48. The molecule has 0 saturated heterocycles. The van der Waals surface area contributed by atoms with Gasteiger partial charge in [0, 0.05) is 18.5 Å². The number of hydrogen-bond donors (Lipinski definition) is 3. The summed E-state index contributed by atoms with van der Waals surface area (Å²) in [5.41, 5.74) is 6.49. The summed E-state index contributed by atoms with van der Waals surface area (Å²) in [6, 6.07) is 3.69. The molecule has 4 amide bonds. The van der Waals surface area contributed by atoms with Crippen LogP contribution in [0.4, 0.5) is 4.79 Å². The first-order chi connectivity index (χ1) is 15.9. The van der Waals surface area contributed by atoms with Gasteiger partial charge in [0.1, 0.15) is 17.7 Å². The molecule has 0 aliphatic heterocycles. The molecule has 0 radical (unpaired) electrons. The second-order valence-electron chi connectivity index (χ2n) is 10.8. The number of ether oxygens (including phenoxy) is 1. The minimum Gasteiger partial charge on any atom is -0.444 e. The van der Waals surface area contributed by atoms with Crippen molar-refractivity contribution in [3.63, 3.8) is 0 Å². The van der Waals surface area contributed by atoms with Crippen LogP contribution in [0, 0.1) is 13.8 Å². The molecule has 0 aliphatic rings. The third-order valence-corrected chi connectivity index (χ3v) is 5.08. The van der Waals surface area contributed by atoms with Gasteiger partial charge in [-0.2, -0.15) is 0 Å². The first-order valence-electron chi connectivity index (χ1n) is 11.9. The lowest BCUT2D eigenvalue weighted by atomic mass is 9.95. The number of nitrogens with one attached hydrogen (secondary N) is 2. The molecule has 9 heteroatoms. The molecule has 0 aromatic heterocycles. The highest BCUT2D eigenvalue weighted by atomic mass is 16.6. The highest BCUT2D eigenvalue weighted by Crippen LogP contribution is 2.27. The summed E-state index contributed by atoms with van der Waals surface area (Å²) < 4.78 is 5.32. The van der Waals surface area contributed by atoms with Crippen molar-refractivity contribution < 1.29 is 23.9 Å². The zero-order valence-corrected chi connectivity index (χ0v) is 22.6. The summed E-state index contributed by atoms with van der Waals surface area (Å²) in [6.45, 7) is 16.5. The van der Waals surface area contributed by atoms with Crippen molar-refractivity contribution in [1.82, 2.24) is 15.5 Å². The van der Waals surface area contributed by atoms with Gasteiger partial charge in [0.2, 0.25) is 17.7 Å². The molecular weight excluding hydrogens is 448 g/mol. The topological polar surface area (TPSA) is 131 Å². The molecule has 0 saturated carbocycles. The van der Waals surface area contributed by atoms with Crippen LogP contribution in [0.25, 0.3) is 0 Å². The van der Waals surface area contributed by atoms with Gasteiger partial charge < -0.3 is 26.0 Å². The van der Waals surface area contributed by atoms with Crippen LogP contribution in [0.15, 0.2) is 18.2 Å². The fourth-order valence-corrected chi connectivity index (χ4v) is 3.60. The lowest BCUT2D eigenvalue weighted by molar-refractivity contribution is -0.143. The van der Waals surface area contributed by atoms with E-state index >= 15 is 0 Å². The third kappa shape index (κ3) is 9.96. The van der Waals surface area contributed by atoms with Crippen molar-refractivity contribution in [1.29, 1.82) is 0 Å². The molecule has 1 aromatic carbocycles. The molecule has 0 fully saturated rings. The highest BCUT2D eigenvalue weighted by molar-refractivity contribution is 5.93. The predicted molar refractivity (Wildman–Crippen MR) is 136 cm³/mol. The second kappa shape index (κ2) is 12.0. The largest absolute Gasteiger partial charge is 0.444 e. The number of benzene rings is 1. The van der Waals surface area contributed by atoms with Crippen molar-refractivity contribution in [2.75, 3.05) is 6.54 Å². The van der Waals surface area contributed by atoms with E-state index in [9.17, 15) is 19.2 Å². The number of carbonyl (C=O) groups excluding carboxylic acids is 4. The summed E-state index contributed by atoms with van der Waals surface area (Å²) in [4.78, 5) is 52.7. The Morgan fingerprint density at radius 3 is 2.14 bits per heavy atom. The van der Waals surface area contributed by atoms with Gasteiger partial charge in [-0.25, -0.2) is 4.79 Å². The maximum Gasteiger partial charge on any atom is 0.408 e. The molecule has 0 bridgehead atoms. The normalized spacial score (nSPS) is 13.4. The van der Waals surface area contributed by atoms with Gasteiger partial charge in [0.25, 0.3) is 0 Å². The van der Waals surface area contributed by atoms with Crippen LogP contribution in [0.3, 0.4) is 0 Å². The number of likely N-dealkylation sites (N-methyl/N-ethyl adjacent to an activating group) is 1. The number of nitrogens with zero attached hydrogens (tertiary/aromatic N) is 1. The van der Waals surface area contributed by atoms with Crippen LogP contribution in [0.5, 0.6) is 0 Å². The second-order valence-corrected chi connectivity index (χ2v) is 10.8. The molecule has 9 nitrogen and oxygen atoms in total. The third-order valence-electron chi connectivity index (χ3n) is 5.08. The lowest BCUT2D eigenvalue weighted by Crippen LogP contribution is -2.54. The molecule has 2 unspecified atom stereocenters. The Hall–Kier alpha value is -3.10. The van der Waals surface area contributed by atoms with Crippen LogP contribution >= 0.6 is 0 Å². The van der Waals surface area contributed by atoms with Crippen molar-refractivity contribution in [3.05, 3.63) is 34.9 Å². The van der Waals surface area contributed by atoms with E-state index in [1.54, 1.807) is 27.7 Å². The van der Waals surface area contributed by atoms with Crippen molar-refractivity contribution in [2.24, 2.45) is 5.73 Å². The minimum atomic E-state index is -1.10. The Kier molecular flexibility index (Phi) is 10.3. The summed E-state index contributed by atoms with van der Waals surface area (Å²) >= 11 is 0. The lowest BCUT2D eigenvalue weighted by Gasteiger charge is -2.36. The SMILES string of the molecule is CCN(C(=O)C(CCC(N)=O)NC(=O)OC(C)(C)C)C(C(=O)NC(C)(C)C)c1cc(C)ccc1C. The molecule has 2 atom stereocenters. The van der Waals surface area contributed by atoms with E-state index in [-0.39, 0.29) is 25.3 Å². The quantitative estimate of drug-likeness (QED) is 0.489. The van der Waals surface area contributed by atoms with E-state index in [4.69, 9.17) is 10.5 Å². The fourth-order valence-electron chi connectivity index (χ4n) is 3.60. The molecule has 35 heavy (non-hydrogen) atoms. The van der Waals surface area contributed by atoms with Crippen molar-refractivity contribution in [3.8, 4) is 0 Å². The molecule has 0 aliphatic carbocycles. The fraction of sp³-hybridized carbons (Fsp3) is 0.615. The monoisotopic (exact) mass is 490 g/mol. The molecule has 1 rings (SSSR count). The minimum absolute atomic E-state index is 0.0235. The predicted octanol–water partition coefficient (Wildman–Crippen LogP) is 3.27. The van der Waals surface area contributed by atoms with Crippen molar-refractivity contribution in [2.45, 2.75) is 98.4 Å². The number of rotatable bonds is 9. The number of alkyl carbamates (subject to hydrolysis) is 1. The van der Waals surface area contributed by atoms with Gasteiger partial charge in [0.15, 0.2) is 0 Å². The molecule has 196 valence electrons. The van der Waals surface area contributed by atoms with E-state index in [0.29, 0.717) is 5.56 Å². The van der Waals surface area contributed by atoms with E-state index in [0.717, 1.165) is 11.1 Å². The van der Waals surface area contributed by atoms with Gasteiger partial charge >= 0.3 is 6.09 Å². The van der Waals surface area contributed by atoms with Crippen LogP contribution in [-0.2, 0) is 19.1 Å². The Morgan fingerprint density at radius 2 is 1.66 bits per heavy atom. The maximum atomic E-state index is 13.8. The Labute approximate surface area is 209 Å². The van der Waals surface area contributed by atoms with Gasteiger partial charge in [-0.3, -0.25) is 14.4 Å². The van der Waals surface area contributed by atoms with Gasteiger partial charge in [-0.1, -0.05) is 23.8 Å². The average molecular weight is 491 g/mol.